The third kappa shape index (κ3) is 3.61. The molecule has 0 fully saturated rings. The first-order valence-electron chi connectivity index (χ1n) is 5.55. The Labute approximate surface area is 122 Å². The molecule has 20 heavy (non-hydrogen) atoms. The molecule has 2 aromatic rings. The van der Waals surface area contributed by atoms with Crippen LogP contribution < -0.4 is 5.43 Å². The van der Waals surface area contributed by atoms with Crippen molar-refractivity contribution in [1.82, 2.24) is 0 Å². The summed E-state index contributed by atoms with van der Waals surface area (Å²) in [4.78, 5) is 10.1. The summed E-state index contributed by atoms with van der Waals surface area (Å²) in [7, 11) is 0. The zero-order valence-electron chi connectivity index (χ0n) is 10.1. The fourth-order valence-electron chi connectivity index (χ4n) is 1.47. The van der Waals surface area contributed by atoms with Crippen molar-refractivity contribution in [3.8, 4) is 0 Å². The molecular weight excluding hydrogens is 329 g/mol. The summed E-state index contributed by atoms with van der Waals surface area (Å²) < 4.78 is 14.1. The lowest BCUT2D eigenvalue weighted by Gasteiger charge is -2.00. The summed E-state index contributed by atoms with van der Waals surface area (Å²) in [6.45, 7) is 0. The van der Waals surface area contributed by atoms with Crippen molar-refractivity contribution < 1.29 is 9.31 Å². The van der Waals surface area contributed by atoms with Gasteiger partial charge in [0, 0.05) is 22.2 Å². The zero-order chi connectivity index (χ0) is 14.5. The van der Waals surface area contributed by atoms with Gasteiger partial charge in [0.2, 0.25) is 0 Å². The number of anilines is 1. The van der Waals surface area contributed by atoms with E-state index in [1.54, 1.807) is 18.2 Å². The largest absolute Gasteiger partial charge is 0.278 e. The van der Waals surface area contributed by atoms with Gasteiger partial charge in [-0.3, -0.25) is 15.5 Å². The third-order valence-corrected chi connectivity index (χ3v) is 2.91. The molecule has 0 amide bonds. The van der Waals surface area contributed by atoms with Gasteiger partial charge in [-0.1, -0.05) is 22.0 Å². The minimum Gasteiger partial charge on any atom is -0.278 e. The van der Waals surface area contributed by atoms with Crippen LogP contribution in [0.5, 0.6) is 0 Å². The summed E-state index contributed by atoms with van der Waals surface area (Å²) in [5.41, 5.74) is 3.34. The van der Waals surface area contributed by atoms with Crippen molar-refractivity contribution in [2.45, 2.75) is 0 Å². The predicted octanol–water partition coefficient (Wildman–Crippen LogP) is 3.94. The van der Waals surface area contributed by atoms with Gasteiger partial charge >= 0.3 is 0 Å². The van der Waals surface area contributed by atoms with E-state index >= 15 is 0 Å². The molecule has 0 aliphatic heterocycles. The number of benzene rings is 2. The van der Waals surface area contributed by atoms with Gasteiger partial charge in [-0.05, 0) is 24.3 Å². The molecule has 0 saturated carbocycles. The van der Waals surface area contributed by atoms with Crippen molar-refractivity contribution in [3.05, 3.63) is 68.4 Å². The molecule has 0 atom stereocenters. The van der Waals surface area contributed by atoms with Crippen LogP contribution in [-0.2, 0) is 0 Å². The Balaban J connectivity index is 2.10. The first-order valence-corrected chi connectivity index (χ1v) is 6.34. The van der Waals surface area contributed by atoms with E-state index in [0.717, 1.165) is 0 Å². The van der Waals surface area contributed by atoms with Crippen LogP contribution in [-0.4, -0.2) is 11.1 Å². The Morgan fingerprint density at radius 1 is 1.30 bits per heavy atom. The smallest absolute Gasteiger partial charge is 0.271 e. The molecular formula is C13H9BrFN3O2. The molecule has 102 valence electrons. The van der Waals surface area contributed by atoms with E-state index in [0.29, 0.717) is 15.7 Å². The van der Waals surface area contributed by atoms with Gasteiger partial charge in [-0.2, -0.15) is 5.10 Å². The molecule has 2 aromatic carbocycles. The minimum atomic E-state index is -0.497. The average Bonchev–Trinajstić information content (AvgIpc) is 2.41. The van der Waals surface area contributed by atoms with Gasteiger partial charge in [-0.25, -0.2) is 4.39 Å². The topological polar surface area (TPSA) is 67.5 Å². The van der Waals surface area contributed by atoms with Crippen LogP contribution in [0.2, 0.25) is 0 Å². The molecule has 0 radical (unpaired) electrons. The fraction of sp³-hybridized carbons (Fsp3) is 0. The molecule has 2 rings (SSSR count). The van der Waals surface area contributed by atoms with Crippen LogP contribution >= 0.6 is 15.9 Å². The molecule has 5 nitrogen and oxygen atoms in total. The number of nitro groups is 1. The number of rotatable bonds is 4. The number of hydrogen-bond donors (Lipinski definition) is 1. The van der Waals surface area contributed by atoms with Crippen molar-refractivity contribution in [3.63, 3.8) is 0 Å². The zero-order valence-corrected chi connectivity index (χ0v) is 11.7. The molecule has 0 aliphatic carbocycles. The summed E-state index contributed by atoms with van der Waals surface area (Å²) >= 11 is 3.16. The van der Waals surface area contributed by atoms with E-state index in [2.05, 4.69) is 26.5 Å². The number of hydrazone groups is 1. The van der Waals surface area contributed by atoms with Crippen molar-refractivity contribution >= 4 is 33.5 Å². The molecule has 0 bridgehead atoms. The first kappa shape index (κ1) is 14.1. The second-order valence-corrected chi connectivity index (χ2v) is 4.76. The molecule has 7 heteroatoms. The Morgan fingerprint density at radius 3 is 2.80 bits per heavy atom. The molecule has 0 spiro atoms. The highest BCUT2D eigenvalue weighted by atomic mass is 79.9. The van der Waals surface area contributed by atoms with E-state index in [1.807, 2.05) is 0 Å². The molecule has 0 aromatic heterocycles. The Kier molecular flexibility index (Phi) is 4.41. The predicted molar refractivity (Wildman–Crippen MR) is 78.4 cm³/mol. The van der Waals surface area contributed by atoms with E-state index in [4.69, 9.17) is 0 Å². The van der Waals surface area contributed by atoms with Gasteiger partial charge in [0.25, 0.3) is 5.69 Å². The van der Waals surface area contributed by atoms with Gasteiger partial charge in [0.15, 0.2) is 0 Å². The van der Waals surface area contributed by atoms with Crippen LogP contribution in [0.15, 0.2) is 52.0 Å². The van der Waals surface area contributed by atoms with E-state index < -0.39 is 10.7 Å². The molecule has 0 heterocycles. The number of nitrogens with zero attached hydrogens (tertiary/aromatic N) is 2. The second kappa shape index (κ2) is 6.25. The third-order valence-electron chi connectivity index (χ3n) is 2.42. The maximum atomic E-state index is 13.5. The summed E-state index contributed by atoms with van der Waals surface area (Å²) in [6.07, 6.45) is 1.31. The van der Waals surface area contributed by atoms with E-state index in [1.165, 1.54) is 30.5 Å². The van der Waals surface area contributed by atoms with Crippen molar-refractivity contribution in [2.24, 2.45) is 5.10 Å². The van der Waals surface area contributed by atoms with Crippen LogP contribution in [0.4, 0.5) is 15.8 Å². The van der Waals surface area contributed by atoms with E-state index in [9.17, 15) is 14.5 Å². The Morgan fingerprint density at radius 2 is 2.10 bits per heavy atom. The van der Waals surface area contributed by atoms with Crippen molar-refractivity contribution in [2.75, 3.05) is 5.43 Å². The summed E-state index contributed by atoms with van der Waals surface area (Å²) in [5, 5.41) is 14.5. The Hall–Kier alpha value is -2.28. The molecule has 1 N–H and O–H groups in total. The number of nitro benzene ring substituents is 1. The normalized spacial score (nSPS) is 10.7. The lowest BCUT2D eigenvalue weighted by molar-refractivity contribution is -0.384. The monoisotopic (exact) mass is 337 g/mol. The fourth-order valence-corrected chi connectivity index (χ4v) is 1.80. The molecule has 0 aliphatic rings. The van der Waals surface area contributed by atoms with Gasteiger partial charge < -0.3 is 0 Å². The van der Waals surface area contributed by atoms with Crippen LogP contribution in [0.1, 0.15) is 5.56 Å². The standard InChI is InChI=1S/C13H9BrFN3O2/c14-10-5-4-9(13(15)6-10)8-16-17-11-2-1-3-12(7-11)18(19)20/h1-8,17H/b16-8-. The maximum Gasteiger partial charge on any atom is 0.271 e. The first-order chi connectivity index (χ1) is 9.56. The highest BCUT2D eigenvalue weighted by molar-refractivity contribution is 9.10. The maximum absolute atomic E-state index is 13.5. The van der Waals surface area contributed by atoms with Gasteiger partial charge in [-0.15, -0.1) is 0 Å². The number of nitrogens with one attached hydrogen (secondary N) is 1. The number of hydrogen-bond acceptors (Lipinski definition) is 4. The Bertz CT molecular complexity index is 676. The average molecular weight is 338 g/mol. The quantitative estimate of drug-likeness (QED) is 0.522. The number of halogens is 2. The number of non-ortho nitro benzene ring substituents is 1. The molecule has 0 saturated heterocycles. The van der Waals surface area contributed by atoms with Crippen molar-refractivity contribution in [1.29, 1.82) is 0 Å². The van der Waals surface area contributed by atoms with Crippen LogP contribution in [0.3, 0.4) is 0 Å². The van der Waals surface area contributed by atoms with Crippen LogP contribution in [0.25, 0.3) is 0 Å². The van der Waals surface area contributed by atoms with E-state index in [-0.39, 0.29) is 5.69 Å². The van der Waals surface area contributed by atoms with Crippen LogP contribution in [0, 0.1) is 15.9 Å². The lowest BCUT2D eigenvalue weighted by Crippen LogP contribution is -1.94. The van der Waals surface area contributed by atoms with Gasteiger partial charge in [0.1, 0.15) is 5.82 Å². The molecule has 0 unspecified atom stereocenters. The summed E-state index contributed by atoms with van der Waals surface area (Å²) in [5.74, 6) is -0.413. The highest BCUT2D eigenvalue weighted by Gasteiger charge is 2.04. The second-order valence-electron chi connectivity index (χ2n) is 3.84. The minimum absolute atomic E-state index is 0.0416. The van der Waals surface area contributed by atoms with Gasteiger partial charge in [0.05, 0.1) is 16.8 Å². The SMILES string of the molecule is O=[N+]([O-])c1cccc(N/N=C\c2ccc(Br)cc2F)c1. The lowest BCUT2D eigenvalue weighted by atomic mass is 10.2. The highest BCUT2D eigenvalue weighted by Crippen LogP contribution is 2.17. The summed E-state index contributed by atoms with van der Waals surface area (Å²) in [6, 6.07) is 10.5.